The Morgan fingerprint density at radius 1 is 1.60 bits per heavy atom. The lowest BCUT2D eigenvalue weighted by molar-refractivity contribution is -0.127. The van der Waals surface area contributed by atoms with Crippen LogP contribution in [0.1, 0.15) is 27.2 Å². The summed E-state index contributed by atoms with van der Waals surface area (Å²) in [5, 5.41) is -0.00175. The van der Waals surface area contributed by atoms with E-state index in [1.54, 1.807) is 13.0 Å². The minimum absolute atomic E-state index is 0.00175. The Morgan fingerprint density at radius 3 is 2.60 bits per heavy atom. The molecule has 1 fully saturated rings. The van der Waals surface area contributed by atoms with Crippen molar-refractivity contribution < 1.29 is 9.59 Å². The van der Waals surface area contributed by atoms with Gasteiger partial charge in [-0.15, -0.1) is 0 Å². The fourth-order valence-electron chi connectivity index (χ4n) is 1.73. The fourth-order valence-corrected chi connectivity index (χ4v) is 3.05. The molecule has 0 aromatic rings. The molecule has 15 heavy (non-hydrogen) atoms. The molecule has 82 valence electrons. The summed E-state index contributed by atoms with van der Waals surface area (Å²) in [6.07, 6.45) is 4.13. The molecule has 1 aliphatic rings. The average Bonchev–Trinajstić information content (AvgIpc) is 2.37. The molecule has 1 aliphatic heterocycles. The Bertz CT molecular complexity index is 344. The van der Waals surface area contributed by atoms with Gasteiger partial charge in [0, 0.05) is 0 Å². The molecule has 0 aliphatic carbocycles. The van der Waals surface area contributed by atoms with Gasteiger partial charge < -0.3 is 0 Å². The van der Waals surface area contributed by atoms with Crippen LogP contribution in [0, 0.1) is 5.92 Å². The highest BCUT2D eigenvalue weighted by atomic mass is 32.2. The molecule has 0 aromatic heterocycles. The monoisotopic (exact) mass is 224 g/mol. The van der Waals surface area contributed by atoms with Gasteiger partial charge in [-0.05, 0) is 20.3 Å². The number of thioether (sulfide) groups is 1. The zero-order chi connectivity index (χ0) is 11.6. The first-order valence-electron chi connectivity index (χ1n) is 5.03. The summed E-state index contributed by atoms with van der Waals surface area (Å²) >= 11 is 1.14. The smallest absolute Gasteiger partial charge is 0.200 e. The minimum atomic E-state index is -0.684. The molecule has 1 rings (SSSR count). The average molecular weight is 224 g/mol. The zero-order valence-electron chi connectivity index (χ0n) is 9.37. The van der Waals surface area contributed by atoms with Crippen molar-refractivity contribution in [1.82, 2.24) is 0 Å². The fraction of sp³-hybridized carbons (Fsp3) is 0.500. The second-order valence-electron chi connectivity index (χ2n) is 3.95. The molecular weight excluding hydrogens is 208 g/mol. The highest BCUT2D eigenvalue weighted by Crippen LogP contribution is 2.42. The predicted octanol–water partition coefficient (Wildman–Crippen LogP) is 2.75. The van der Waals surface area contributed by atoms with E-state index >= 15 is 0 Å². The number of rotatable bonds is 3. The van der Waals surface area contributed by atoms with Gasteiger partial charge in [-0.1, -0.05) is 43.0 Å². The van der Waals surface area contributed by atoms with E-state index in [4.69, 9.17) is 0 Å². The summed E-state index contributed by atoms with van der Waals surface area (Å²) in [6.45, 7) is 9.21. The van der Waals surface area contributed by atoms with E-state index in [1.807, 2.05) is 19.9 Å². The second kappa shape index (κ2) is 4.35. The van der Waals surface area contributed by atoms with E-state index in [-0.39, 0.29) is 10.9 Å². The number of ketones is 1. The number of carbonyl (C=O) groups is 2. The Hall–Kier alpha value is -0.830. The lowest BCUT2D eigenvalue weighted by atomic mass is 9.91. The molecular formula is C12H16O2S. The third-order valence-electron chi connectivity index (χ3n) is 2.64. The number of hydrogen-bond donors (Lipinski definition) is 0. The van der Waals surface area contributed by atoms with E-state index in [0.717, 1.165) is 17.3 Å². The summed E-state index contributed by atoms with van der Waals surface area (Å²) in [5.74, 6) is -0.393. The van der Waals surface area contributed by atoms with E-state index in [2.05, 4.69) is 6.58 Å². The molecule has 0 N–H and O–H groups in total. The molecule has 0 radical (unpaired) electrons. The summed E-state index contributed by atoms with van der Waals surface area (Å²) in [4.78, 5) is 23.6. The standard InChI is InChI=1S/C12H16O2S/c1-5-8(3)7-12(4)10(13)9(6-2)11(14)15-12/h5,7,9H,1,6H2,2-4H3. The van der Waals surface area contributed by atoms with Crippen LogP contribution in [0.2, 0.25) is 0 Å². The topological polar surface area (TPSA) is 34.1 Å². The van der Waals surface area contributed by atoms with Crippen LogP contribution in [-0.4, -0.2) is 15.6 Å². The van der Waals surface area contributed by atoms with Crippen LogP contribution < -0.4 is 0 Å². The van der Waals surface area contributed by atoms with Crippen molar-refractivity contribution in [3.8, 4) is 0 Å². The van der Waals surface area contributed by atoms with Gasteiger partial charge in [-0.25, -0.2) is 0 Å². The van der Waals surface area contributed by atoms with E-state index in [1.165, 1.54) is 0 Å². The van der Waals surface area contributed by atoms with Crippen molar-refractivity contribution >= 4 is 22.7 Å². The Kier molecular flexibility index (Phi) is 3.55. The van der Waals surface area contributed by atoms with Gasteiger partial charge >= 0.3 is 0 Å². The Morgan fingerprint density at radius 2 is 2.20 bits per heavy atom. The first-order valence-corrected chi connectivity index (χ1v) is 5.85. The van der Waals surface area contributed by atoms with Gasteiger partial charge in [0.25, 0.3) is 0 Å². The molecule has 2 atom stereocenters. The molecule has 3 heteroatoms. The van der Waals surface area contributed by atoms with E-state index < -0.39 is 10.7 Å². The Balaban J connectivity index is 3.03. The van der Waals surface area contributed by atoms with Crippen molar-refractivity contribution in [1.29, 1.82) is 0 Å². The van der Waals surface area contributed by atoms with Gasteiger partial charge in [-0.3, -0.25) is 9.59 Å². The van der Waals surface area contributed by atoms with Gasteiger partial charge in [0.2, 0.25) is 5.12 Å². The van der Waals surface area contributed by atoms with Crippen molar-refractivity contribution in [2.45, 2.75) is 31.9 Å². The molecule has 0 aromatic carbocycles. The maximum atomic E-state index is 12.0. The van der Waals surface area contributed by atoms with E-state index in [0.29, 0.717) is 6.42 Å². The number of hydrogen-bond acceptors (Lipinski definition) is 3. The first kappa shape index (κ1) is 12.2. The molecule has 0 spiro atoms. The largest absolute Gasteiger partial charge is 0.297 e. The van der Waals surface area contributed by atoms with Crippen molar-refractivity contribution in [3.05, 3.63) is 24.3 Å². The van der Waals surface area contributed by atoms with Crippen LogP contribution in [0.3, 0.4) is 0 Å². The van der Waals surface area contributed by atoms with Crippen molar-refractivity contribution in [2.75, 3.05) is 0 Å². The maximum absolute atomic E-state index is 12.0. The molecule has 2 unspecified atom stereocenters. The highest BCUT2D eigenvalue weighted by molar-refractivity contribution is 8.16. The summed E-state index contributed by atoms with van der Waals surface area (Å²) in [5.41, 5.74) is 0.933. The van der Waals surface area contributed by atoms with Crippen LogP contribution in [-0.2, 0) is 9.59 Å². The first-order chi connectivity index (χ1) is 6.94. The maximum Gasteiger partial charge on any atom is 0.200 e. The second-order valence-corrected chi connectivity index (χ2v) is 5.40. The third-order valence-corrected chi connectivity index (χ3v) is 3.86. The van der Waals surface area contributed by atoms with Crippen LogP contribution in [0.15, 0.2) is 24.3 Å². The molecule has 1 saturated heterocycles. The lowest BCUT2D eigenvalue weighted by Crippen LogP contribution is -2.28. The molecule has 0 amide bonds. The van der Waals surface area contributed by atoms with Crippen LogP contribution in [0.5, 0.6) is 0 Å². The van der Waals surface area contributed by atoms with Crippen LogP contribution in [0.25, 0.3) is 0 Å². The van der Waals surface area contributed by atoms with E-state index in [9.17, 15) is 9.59 Å². The van der Waals surface area contributed by atoms with Gasteiger partial charge in [0.1, 0.15) is 0 Å². The SMILES string of the molecule is C=CC(C)=CC1(C)SC(=O)C(CC)C1=O. The van der Waals surface area contributed by atoms with Gasteiger partial charge in [0.15, 0.2) is 5.78 Å². The minimum Gasteiger partial charge on any atom is -0.297 e. The van der Waals surface area contributed by atoms with Gasteiger partial charge in [-0.2, -0.15) is 0 Å². The normalized spacial score (nSPS) is 32.2. The van der Waals surface area contributed by atoms with Crippen LogP contribution in [0.4, 0.5) is 0 Å². The van der Waals surface area contributed by atoms with Crippen molar-refractivity contribution in [3.63, 3.8) is 0 Å². The zero-order valence-corrected chi connectivity index (χ0v) is 10.2. The molecule has 1 heterocycles. The summed E-state index contributed by atoms with van der Waals surface area (Å²) < 4.78 is -0.684. The third kappa shape index (κ3) is 2.23. The summed E-state index contributed by atoms with van der Waals surface area (Å²) in [7, 11) is 0. The predicted molar refractivity (Wildman–Crippen MR) is 63.7 cm³/mol. The quantitative estimate of drug-likeness (QED) is 0.546. The molecule has 2 nitrogen and oxygen atoms in total. The number of Topliss-reactive ketones (excluding diaryl/α,β-unsaturated/α-hetero) is 1. The van der Waals surface area contributed by atoms with Crippen molar-refractivity contribution in [2.24, 2.45) is 5.92 Å². The summed E-state index contributed by atoms with van der Waals surface area (Å²) in [6, 6.07) is 0. The molecule has 0 bridgehead atoms. The number of carbonyl (C=O) groups excluding carboxylic acids is 2. The number of allylic oxidation sites excluding steroid dienone is 2. The van der Waals surface area contributed by atoms with Crippen LogP contribution >= 0.6 is 11.8 Å². The highest BCUT2D eigenvalue weighted by Gasteiger charge is 2.48. The van der Waals surface area contributed by atoms with Gasteiger partial charge in [0.05, 0.1) is 10.7 Å². The lowest BCUT2D eigenvalue weighted by Gasteiger charge is -2.16. The Labute approximate surface area is 94.8 Å². The molecule has 0 saturated carbocycles.